The van der Waals surface area contributed by atoms with Crippen molar-refractivity contribution >= 4 is 52.9 Å². The van der Waals surface area contributed by atoms with Crippen LogP contribution >= 0.6 is 11.8 Å². The molecule has 0 aromatic heterocycles. The van der Waals surface area contributed by atoms with Crippen molar-refractivity contribution in [1.82, 2.24) is 5.32 Å². The second-order valence-corrected chi connectivity index (χ2v) is 11.1. The Kier molecular flexibility index (Phi) is 11.6. The Morgan fingerprint density at radius 1 is 0.804 bits per heavy atom. The lowest BCUT2D eigenvalue weighted by atomic mass is 10.1. The number of nitrogens with one attached hydrogen (secondary N) is 3. The topological polar surface area (TPSA) is 143 Å². The van der Waals surface area contributed by atoms with Crippen molar-refractivity contribution in [2.75, 3.05) is 24.9 Å². The molecule has 4 aromatic rings. The third-order valence-corrected chi connectivity index (χ3v) is 8.03. The summed E-state index contributed by atoms with van der Waals surface area (Å²) in [6.07, 6.45) is 2.00. The summed E-state index contributed by atoms with van der Waals surface area (Å²) in [7, 11) is 2.99. The fourth-order valence-corrected chi connectivity index (χ4v) is 5.42. The molecule has 0 aliphatic heterocycles. The van der Waals surface area contributed by atoms with Crippen molar-refractivity contribution in [3.05, 3.63) is 119 Å². The van der Waals surface area contributed by atoms with Gasteiger partial charge in [-0.3, -0.25) is 14.4 Å². The van der Waals surface area contributed by atoms with Crippen LogP contribution in [0, 0.1) is 0 Å². The molecule has 236 valence electrons. The van der Waals surface area contributed by atoms with Gasteiger partial charge in [-0.05, 0) is 67.1 Å². The number of carbonyl (C=O) groups excluding carboxylic acids is 3. The molecule has 1 atom stereocenters. The second-order valence-electron chi connectivity index (χ2n) is 9.83. The number of carboxylic acid groups (broad SMARTS) is 1. The number of rotatable bonds is 13. The largest absolute Gasteiger partial charge is 0.493 e. The van der Waals surface area contributed by atoms with Crippen LogP contribution in [0.3, 0.4) is 0 Å². The predicted molar refractivity (Wildman–Crippen MR) is 178 cm³/mol. The van der Waals surface area contributed by atoms with E-state index in [1.165, 1.54) is 44.2 Å². The summed E-state index contributed by atoms with van der Waals surface area (Å²) >= 11 is 1.30. The average Bonchev–Trinajstić information content (AvgIpc) is 3.07. The number of methoxy groups -OCH3 is 2. The van der Waals surface area contributed by atoms with Gasteiger partial charge in [0.2, 0.25) is 5.91 Å². The fourth-order valence-electron chi connectivity index (χ4n) is 4.41. The van der Waals surface area contributed by atoms with E-state index >= 15 is 0 Å². The second kappa shape index (κ2) is 16.0. The first-order valence-electron chi connectivity index (χ1n) is 14.2. The highest BCUT2D eigenvalue weighted by atomic mass is 32.2. The Balaban J connectivity index is 1.55. The summed E-state index contributed by atoms with van der Waals surface area (Å²) < 4.78 is 10.9. The SMILES string of the molecule is CCC(Sc1cccc(NC(=O)/C(=C\c2cccc(OC)c2OC)NC(=O)c2ccccc2)c1)C(=O)Nc1cccc(C(=O)O)c1. The molecule has 3 amide bonds. The monoisotopic (exact) mass is 639 g/mol. The molecule has 4 aromatic carbocycles. The zero-order chi connectivity index (χ0) is 33.1. The minimum atomic E-state index is -1.09. The summed E-state index contributed by atoms with van der Waals surface area (Å²) in [5, 5.41) is 17.1. The molecule has 0 saturated carbocycles. The lowest BCUT2D eigenvalue weighted by Gasteiger charge is -2.16. The van der Waals surface area contributed by atoms with E-state index in [4.69, 9.17) is 9.47 Å². The molecule has 4 N–H and O–H groups in total. The van der Waals surface area contributed by atoms with Gasteiger partial charge in [-0.15, -0.1) is 11.8 Å². The van der Waals surface area contributed by atoms with Gasteiger partial charge >= 0.3 is 5.97 Å². The highest BCUT2D eigenvalue weighted by Crippen LogP contribution is 2.32. The van der Waals surface area contributed by atoms with Crippen molar-refractivity contribution in [3.8, 4) is 11.5 Å². The molecule has 0 radical (unpaired) electrons. The molecule has 0 aliphatic rings. The van der Waals surface area contributed by atoms with Crippen LogP contribution in [0.15, 0.2) is 108 Å². The smallest absolute Gasteiger partial charge is 0.335 e. The number of carboxylic acids is 1. The predicted octanol–water partition coefficient (Wildman–Crippen LogP) is 6.32. The van der Waals surface area contributed by atoms with E-state index in [1.54, 1.807) is 78.9 Å². The standard InChI is InChI=1S/C35H33N3O7S/c1-4-30(34(41)37-25-15-8-14-24(19-25)35(42)43)46-27-17-10-16-26(21-27)36-33(40)28(38-32(39)22-11-6-5-7-12-22)20-23-13-9-18-29(44-2)31(23)45-3/h5-21,30H,4H2,1-3H3,(H,36,40)(H,37,41)(H,38,39)(H,42,43)/b28-20+. The Labute approximate surface area is 270 Å². The molecule has 0 bridgehead atoms. The van der Waals surface area contributed by atoms with Gasteiger partial charge in [0.15, 0.2) is 11.5 Å². The van der Waals surface area contributed by atoms with E-state index in [2.05, 4.69) is 16.0 Å². The van der Waals surface area contributed by atoms with E-state index in [-0.39, 0.29) is 17.2 Å². The van der Waals surface area contributed by atoms with Crippen molar-refractivity contribution in [2.24, 2.45) is 0 Å². The van der Waals surface area contributed by atoms with Gasteiger partial charge in [0, 0.05) is 27.4 Å². The summed E-state index contributed by atoms with van der Waals surface area (Å²) in [6, 6.07) is 26.7. The quantitative estimate of drug-likeness (QED) is 0.0983. The van der Waals surface area contributed by atoms with Gasteiger partial charge in [0.25, 0.3) is 11.8 Å². The highest BCUT2D eigenvalue weighted by Gasteiger charge is 2.20. The van der Waals surface area contributed by atoms with Crippen LogP contribution < -0.4 is 25.4 Å². The van der Waals surface area contributed by atoms with Gasteiger partial charge < -0.3 is 30.5 Å². The number of ether oxygens (including phenoxy) is 2. The lowest BCUT2D eigenvalue weighted by molar-refractivity contribution is -0.116. The van der Waals surface area contributed by atoms with E-state index in [9.17, 15) is 24.3 Å². The van der Waals surface area contributed by atoms with E-state index in [0.717, 1.165) is 0 Å². The van der Waals surface area contributed by atoms with Crippen molar-refractivity contribution in [3.63, 3.8) is 0 Å². The van der Waals surface area contributed by atoms with Gasteiger partial charge in [0.05, 0.1) is 25.0 Å². The minimum Gasteiger partial charge on any atom is -0.493 e. The number of hydrogen-bond acceptors (Lipinski definition) is 7. The number of para-hydroxylation sites is 1. The number of amides is 3. The van der Waals surface area contributed by atoms with E-state index in [0.29, 0.717) is 45.3 Å². The van der Waals surface area contributed by atoms with Gasteiger partial charge in [-0.2, -0.15) is 0 Å². The fraction of sp³-hybridized carbons (Fsp3) is 0.143. The maximum atomic E-state index is 13.6. The summed E-state index contributed by atoms with van der Waals surface area (Å²) in [5.74, 6) is -1.58. The molecule has 1 unspecified atom stereocenters. The number of benzene rings is 4. The third kappa shape index (κ3) is 8.76. The lowest BCUT2D eigenvalue weighted by Crippen LogP contribution is -2.30. The first-order valence-corrected chi connectivity index (χ1v) is 15.1. The highest BCUT2D eigenvalue weighted by molar-refractivity contribution is 8.00. The third-order valence-electron chi connectivity index (χ3n) is 6.67. The van der Waals surface area contributed by atoms with Crippen LogP contribution in [0.1, 0.15) is 39.6 Å². The molecular formula is C35H33N3O7S. The van der Waals surface area contributed by atoms with Crippen LogP contribution in [0.4, 0.5) is 11.4 Å². The minimum absolute atomic E-state index is 0.0344. The van der Waals surface area contributed by atoms with Crippen LogP contribution in [0.5, 0.6) is 11.5 Å². The molecule has 11 heteroatoms. The van der Waals surface area contributed by atoms with E-state index in [1.807, 2.05) is 13.0 Å². The number of hydrogen-bond donors (Lipinski definition) is 4. The molecule has 46 heavy (non-hydrogen) atoms. The van der Waals surface area contributed by atoms with E-state index < -0.39 is 23.0 Å². The molecule has 0 saturated heterocycles. The number of anilines is 2. The summed E-state index contributed by atoms with van der Waals surface area (Å²) in [4.78, 5) is 51.8. The maximum absolute atomic E-state index is 13.6. The van der Waals surface area contributed by atoms with Crippen LogP contribution in [-0.2, 0) is 9.59 Å². The van der Waals surface area contributed by atoms with Gasteiger partial charge in [-0.1, -0.05) is 49.4 Å². The van der Waals surface area contributed by atoms with Crippen LogP contribution in [0.25, 0.3) is 6.08 Å². The zero-order valence-electron chi connectivity index (χ0n) is 25.4. The van der Waals surface area contributed by atoms with Crippen LogP contribution in [0.2, 0.25) is 0 Å². The van der Waals surface area contributed by atoms with Crippen LogP contribution in [-0.4, -0.2) is 48.3 Å². The number of thioether (sulfide) groups is 1. The molecular weight excluding hydrogens is 606 g/mol. The Morgan fingerprint density at radius 2 is 1.48 bits per heavy atom. The Morgan fingerprint density at radius 3 is 2.15 bits per heavy atom. The molecule has 10 nitrogen and oxygen atoms in total. The molecule has 0 aliphatic carbocycles. The van der Waals surface area contributed by atoms with Crippen molar-refractivity contribution in [2.45, 2.75) is 23.5 Å². The van der Waals surface area contributed by atoms with Gasteiger partial charge in [0.1, 0.15) is 5.70 Å². The molecule has 0 spiro atoms. The number of aromatic carboxylic acids is 1. The summed E-state index contributed by atoms with van der Waals surface area (Å²) in [5.41, 5.74) is 1.74. The van der Waals surface area contributed by atoms with Crippen molar-refractivity contribution < 1.29 is 33.8 Å². The van der Waals surface area contributed by atoms with Crippen molar-refractivity contribution in [1.29, 1.82) is 0 Å². The maximum Gasteiger partial charge on any atom is 0.335 e. The first kappa shape index (κ1) is 33.3. The number of carbonyl (C=O) groups is 4. The zero-order valence-corrected chi connectivity index (χ0v) is 26.2. The summed E-state index contributed by atoms with van der Waals surface area (Å²) in [6.45, 7) is 1.87. The molecule has 0 fully saturated rings. The Bertz CT molecular complexity index is 1760. The average molecular weight is 640 g/mol. The van der Waals surface area contributed by atoms with Gasteiger partial charge in [-0.25, -0.2) is 4.79 Å². The molecule has 4 rings (SSSR count). The normalized spacial score (nSPS) is 11.6. The Hall–Kier alpha value is -5.55. The molecule has 0 heterocycles. The first-order chi connectivity index (χ1) is 22.2.